The van der Waals surface area contributed by atoms with Gasteiger partial charge in [-0.25, -0.2) is 0 Å². The number of benzene rings is 2. The number of phenols is 1. The summed E-state index contributed by atoms with van der Waals surface area (Å²) in [5, 5.41) is 12.4. The molecule has 4 heteroatoms. The Balaban J connectivity index is 2.27. The molecule has 18 heavy (non-hydrogen) atoms. The zero-order valence-electron chi connectivity index (χ0n) is 9.88. The molecule has 0 saturated carbocycles. The summed E-state index contributed by atoms with van der Waals surface area (Å²) in [5.74, 6) is 0.0910. The Morgan fingerprint density at radius 1 is 1.11 bits per heavy atom. The van der Waals surface area contributed by atoms with Crippen LogP contribution in [-0.4, -0.2) is 18.1 Å². The number of hydrogen-bond acceptors (Lipinski definition) is 3. The number of rotatable bonds is 3. The molecule has 2 rings (SSSR count). The van der Waals surface area contributed by atoms with Gasteiger partial charge in [0.25, 0.3) is 5.91 Å². The molecule has 0 radical (unpaired) electrons. The van der Waals surface area contributed by atoms with Crippen LogP contribution in [0.25, 0.3) is 0 Å². The van der Waals surface area contributed by atoms with Gasteiger partial charge in [-0.3, -0.25) is 4.79 Å². The van der Waals surface area contributed by atoms with E-state index in [4.69, 9.17) is 4.74 Å². The first-order chi connectivity index (χ1) is 8.72. The molecular formula is C14H13NO3. The Morgan fingerprint density at radius 3 is 2.50 bits per heavy atom. The van der Waals surface area contributed by atoms with Crippen LogP contribution in [0.5, 0.6) is 11.5 Å². The maximum Gasteiger partial charge on any atom is 0.255 e. The lowest BCUT2D eigenvalue weighted by molar-refractivity contribution is 0.102. The molecule has 0 unspecified atom stereocenters. The van der Waals surface area contributed by atoms with E-state index in [1.165, 1.54) is 13.2 Å². The van der Waals surface area contributed by atoms with Gasteiger partial charge in [0, 0.05) is 5.56 Å². The average Bonchev–Trinajstić information content (AvgIpc) is 2.42. The molecule has 0 aliphatic carbocycles. The van der Waals surface area contributed by atoms with Gasteiger partial charge in [-0.15, -0.1) is 0 Å². The zero-order valence-corrected chi connectivity index (χ0v) is 9.88. The SMILES string of the molecule is COc1cccc(O)c1NC(=O)c1ccccc1. The summed E-state index contributed by atoms with van der Waals surface area (Å²) >= 11 is 0. The molecule has 2 aromatic rings. The summed E-state index contributed by atoms with van der Waals surface area (Å²) in [6.45, 7) is 0. The second-order valence-corrected chi connectivity index (χ2v) is 3.67. The quantitative estimate of drug-likeness (QED) is 0.815. The number of amides is 1. The first kappa shape index (κ1) is 12.0. The fraction of sp³-hybridized carbons (Fsp3) is 0.0714. The van der Waals surface area contributed by atoms with Crippen molar-refractivity contribution >= 4 is 11.6 Å². The summed E-state index contributed by atoms with van der Waals surface area (Å²) in [4.78, 5) is 12.0. The number of hydrogen-bond donors (Lipinski definition) is 2. The molecule has 0 heterocycles. The van der Waals surface area contributed by atoms with Gasteiger partial charge in [-0.2, -0.15) is 0 Å². The van der Waals surface area contributed by atoms with Gasteiger partial charge in [0.05, 0.1) is 7.11 Å². The third kappa shape index (κ3) is 2.43. The second-order valence-electron chi connectivity index (χ2n) is 3.67. The highest BCUT2D eigenvalue weighted by Crippen LogP contribution is 2.33. The van der Waals surface area contributed by atoms with Crippen molar-refractivity contribution in [2.75, 3.05) is 12.4 Å². The van der Waals surface area contributed by atoms with Crippen molar-refractivity contribution < 1.29 is 14.6 Å². The summed E-state index contributed by atoms with van der Waals surface area (Å²) in [5.41, 5.74) is 0.789. The van der Waals surface area contributed by atoms with Gasteiger partial charge in [-0.1, -0.05) is 24.3 Å². The number of para-hydroxylation sites is 1. The Kier molecular flexibility index (Phi) is 3.48. The minimum atomic E-state index is -0.296. The van der Waals surface area contributed by atoms with Crippen LogP contribution in [0.2, 0.25) is 0 Å². The van der Waals surface area contributed by atoms with Crippen LogP contribution in [0.4, 0.5) is 5.69 Å². The fourth-order valence-corrected chi connectivity index (χ4v) is 1.59. The van der Waals surface area contributed by atoms with Crippen molar-refractivity contribution in [3.63, 3.8) is 0 Å². The molecule has 2 N–H and O–H groups in total. The molecular weight excluding hydrogens is 230 g/mol. The molecule has 2 aromatic carbocycles. The molecule has 0 fully saturated rings. The lowest BCUT2D eigenvalue weighted by atomic mass is 10.2. The highest BCUT2D eigenvalue weighted by Gasteiger charge is 2.12. The zero-order chi connectivity index (χ0) is 13.0. The van der Waals surface area contributed by atoms with Gasteiger partial charge in [-0.05, 0) is 24.3 Å². The molecule has 0 atom stereocenters. The number of nitrogens with one attached hydrogen (secondary N) is 1. The second kappa shape index (κ2) is 5.23. The van der Waals surface area contributed by atoms with Gasteiger partial charge in [0.1, 0.15) is 17.2 Å². The van der Waals surface area contributed by atoms with Crippen molar-refractivity contribution in [2.24, 2.45) is 0 Å². The molecule has 0 aromatic heterocycles. The number of ether oxygens (including phenoxy) is 1. The highest BCUT2D eigenvalue weighted by atomic mass is 16.5. The van der Waals surface area contributed by atoms with Crippen LogP contribution in [0, 0.1) is 0 Å². The normalized spacial score (nSPS) is 9.83. The number of methoxy groups -OCH3 is 1. The van der Waals surface area contributed by atoms with Gasteiger partial charge >= 0.3 is 0 Å². The fourth-order valence-electron chi connectivity index (χ4n) is 1.59. The summed E-state index contributed by atoms with van der Waals surface area (Å²) in [6, 6.07) is 13.6. The van der Waals surface area contributed by atoms with Crippen LogP contribution >= 0.6 is 0 Å². The van der Waals surface area contributed by atoms with E-state index < -0.39 is 0 Å². The smallest absolute Gasteiger partial charge is 0.255 e. The first-order valence-electron chi connectivity index (χ1n) is 5.44. The van der Waals surface area contributed by atoms with Crippen LogP contribution < -0.4 is 10.1 Å². The van der Waals surface area contributed by atoms with E-state index >= 15 is 0 Å². The molecule has 1 amide bonds. The summed E-state index contributed by atoms with van der Waals surface area (Å²) in [6.07, 6.45) is 0. The molecule has 0 saturated heterocycles. The summed E-state index contributed by atoms with van der Waals surface area (Å²) in [7, 11) is 1.48. The average molecular weight is 243 g/mol. The maximum absolute atomic E-state index is 12.0. The molecule has 4 nitrogen and oxygen atoms in total. The number of carbonyl (C=O) groups excluding carboxylic acids is 1. The number of aromatic hydroxyl groups is 1. The van der Waals surface area contributed by atoms with Crippen LogP contribution in [0.15, 0.2) is 48.5 Å². The monoisotopic (exact) mass is 243 g/mol. The topological polar surface area (TPSA) is 58.6 Å². The molecule has 0 spiro atoms. The minimum Gasteiger partial charge on any atom is -0.506 e. The Hall–Kier alpha value is -2.49. The molecule has 92 valence electrons. The van der Waals surface area contributed by atoms with Crippen LogP contribution in [-0.2, 0) is 0 Å². The third-order valence-corrected chi connectivity index (χ3v) is 2.50. The molecule has 0 aliphatic rings. The molecule has 0 aliphatic heterocycles. The summed E-state index contributed by atoms with van der Waals surface area (Å²) < 4.78 is 5.09. The number of phenolic OH excluding ortho intramolecular Hbond substituents is 1. The van der Waals surface area contributed by atoms with E-state index in [1.54, 1.807) is 36.4 Å². The highest BCUT2D eigenvalue weighted by molar-refractivity contribution is 6.05. The van der Waals surface area contributed by atoms with Gasteiger partial charge in [0.15, 0.2) is 0 Å². The molecule has 0 bridgehead atoms. The van der Waals surface area contributed by atoms with E-state index in [1.807, 2.05) is 6.07 Å². The van der Waals surface area contributed by atoms with Gasteiger partial charge in [0.2, 0.25) is 0 Å². The Morgan fingerprint density at radius 2 is 1.83 bits per heavy atom. The van der Waals surface area contributed by atoms with E-state index in [9.17, 15) is 9.90 Å². The van der Waals surface area contributed by atoms with Crippen molar-refractivity contribution in [3.05, 3.63) is 54.1 Å². The van der Waals surface area contributed by atoms with E-state index in [2.05, 4.69) is 5.32 Å². The predicted molar refractivity (Wildman–Crippen MR) is 69.1 cm³/mol. The van der Waals surface area contributed by atoms with Crippen molar-refractivity contribution in [1.29, 1.82) is 0 Å². The largest absolute Gasteiger partial charge is 0.506 e. The number of carbonyl (C=O) groups is 1. The maximum atomic E-state index is 12.0. The number of anilines is 1. The lowest BCUT2D eigenvalue weighted by Crippen LogP contribution is -2.12. The first-order valence-corrected chi connectivity index (χ1v) is 5.44. The standard InChI is InChI=1S/C14H13NO3/c1-18-12-9-5-8-11(16)13(12)15-14(17)10-6-3-2-4-7-10/h2-9,16H,1H3,(H,15,17). The van der Waals surface area contributed by atoms with Crippen molar-refractivity contribution in [3.8, 4) is 11.5 Å². The van der Waals surface area contributed by atoms with Crippen molar-refractivity contribution in [2.45, 2.75) is 0 Å². The van der Waals surface area contributed by atoms with Crippen LogP contribution in [0.1, 0.15) is 10.4 Å². The minimum absolute atomic E-state index is 0.0290. The van der Waals surface area contributed by atoms with Gasteiger partial charge < -0.3 is 15.2 Å². The van der Waals surface area contributed by atoms with Crippen molar-refractivity contribution in [1.82, 2.24) is 0 Å². The Labute approximate surface area is 105 Å². The van der Waals surface area contributed by atoms with E-state index in [0.717, 1.165) is 0 Å². The van der Waals surface area contributed by atoms with E-state index in [-0.39, 0.29) is 17.3 Å². The lowest BCUT2D eigenvalue weighted by Gasteiger charge is -2.11. The van der Waals surface area contributed by atoms with E-state index in [0.29, 0.717) is 11.3 Å². The third-order valence-electron chi connectivity index (χ3n) is 2.50. The predicted octanol–water partition coefficient (Wildman–Crippen LogP) is 2.65. The Bertz CT molecular complexity index is 552. The van der Waals surface area contributed by atoms with Crippen LogP contribution in [0.3, 0.4) is 0 Å².